The minimum atomic E-state index is -1.37. The van der Waals surface area contributed by atoms with Crippen LogP contribution in [0.4, 0.5) is 0 Å². The lowest BCUT2D eigenvalue weighted by atomic mass is 10.0. The van der Waals surface area contributed by atoms with E-state index in [0.717, 1.165) is 0 Å². The first-order valence-electron chi connectivity index (χ1n) is 11.0. The molecule has 5 unspecified atom stereocenters. The Bertz CT molecular complexity index is 783. The zero-order valence-electron chi connectivity index (χ0n) is 20.1. The van der Waals surface area contributed by atoms with Crippen LogP contribution in [-0.4, -0.2) is 87.8 Å². The van der Waals surface area contributed by atoms with Gasteiger partial charge in [-0.3, -0.25) is 24.2 Å². The molecule has 0 aromatic carbocycles. The molecule has 0 saturated carbocycles. The van der Waals surface area contributed by atoms with Gasteiger partial charge in [-0.25, -0.2) is 4.79 Å². The molecule has 0 aliphatic rings. The van der Waals surface area contributed by atoms with Crippen LogP contribution in [0.2, 0.25) is 0 Å². The van der Waals surface area contributed by atoms with Gasteiger partial charge >= 0.3 is 11.9 Å². The molecule has 0 radical (unpaired) electrons. The lowest BCUT2D eigenvalue weighted by Crippen LogP contribution is -2.59. The molecular formula is C20H37N7O8. The number of carbonyl (C=O) groups is 5. The Kier molecular flexibility index (Phi) is 13.9. The van der Waals surface area contributed by atoms with Gasteiger partial charge in [-0.15, -0.1) is 0 Å². The molecule has 0 saturated heterocycles. The third-order valence-corrected chi connectivity index (χ3v) is 4.91. The van der Waals surface area contributed by atoms with Crippen LogP contribution in [0.25, 0.3) is 0 Å². The summed E-state index contributed by atoms with van der Waals surface area (Å²) in [6, 6.07) is -5.21. The van der Waals surface area contributed by atoms with Crippen molar-refractivity contribution < 1.29 is 39.3 Å². The van der Waals surface area contributed by atoms with Gasteiger partial charge in [0.1, 0.15) is 24.2 Å². The van der Waals surface area contributed by atoms with E-state index in [-0.39, 0.29) is 31.8 Å². The van der Waals surface area contributed by atoms with Crippen molar-refractivity contribution >= 4 is 35.6 Å². The van der Waals surface area contributed by atoms with Gasteiger partial charge in [0, 0.05) is 13.0 Å². The molecule has 0 aliphatic heterocycles. The van der Waals surface area contributed by atoms with Crippen molar-refractivity contribution in [1.82, 2.24) is 16.0 Å². The molecule has 0 aliphatic carbocycles. The molecule has 0 aromatic heterocycles. The Hall–Kier alpha value is -3.46. The quantitative estimate of drug-likeness (QED) is 0.0574. The second kappa shape index (κ2) is 15.4. The smallest absolute Gasteiger partial charge is 0.326 e. The number of aliphatic hydroxyl groups is 1. The fourth-order valence-corrected chi connectivity index (χ4v) is 2.83. The summed E-state index contributed by atoms with van der Waals surface area (Å²) in [5.41, 5.74) is 16.0. The molecule has 12 N–H and O–H groups in total. The number of aliphatic imine (C=N–C) groups is 1. The lowest BCUT2D eigenvalue weighted by molar-refractivity contribution is -0.142. The maximum Gasteiger partial charge on any atom is 0.326 e. The molecule has 200 valence electrons. The Labute approximate surface area is 202 Å². The van der Waals surface area contributed by atoms with Gasteiger partial charge in [0.15, 0.2) is 5.96 Å². The zero-order valence-corrected chi connectivity index (χ0v) is 20.1. The number of guanidine groups is 1. The Morgan fingerprint density at radius 3 is 1.89 bits per heavy atom. The van der Waals surface area contributed by atoms with Gasteiger partial charge in [-0.05, 0) is 32.1 Å². The van der Waals surface area contributed by atoms with E-state index in [1.807, 2.05) is 0 Å². The number of amides is 3. The summed E-state index contributed by atoms with van der Waals surface area (Å²) in [6.45, 7) is 4.64. The number of aliphatic carboxylic acids is 2. The first-order chi connectivity index (χ1) is 16.2. The average molecular weight is 504 g/mol. The van der Waals surface area contributed by atoms with Crippen molar-refractivity contribution in [1.29, 1.82) is 0 Å². The topological polar surface area (TPSA) is 273 Å². The van der Waals surface area contributed by atoms with Crippen LogP contribution >= 0.6 is 0 Å². The molecule has 35 heavy (non-hydrogen) atoms. The van der Waals surface area contributed by atoms with E-state index in [9.17, 15) is 34.2 Å². The monoisotopic (exact) mass is 503 g/mol. The second-order valence-electron chi connectivity index (χ2n) is 8.34. The number of hydrogen-bond donors (Lipinski definition) is 9. The van der Waals surface area contributed by atoms with E-state index in [0.29, 0.717) is 0 Å². The number of carboxylic acid groups (broad SMARTS) is 2. The number of nitrogens with two attached hydrogens (primary N) is 3. The molecule has 0 fully saturated rings. The Morgan fingerprint density at radius 1 is 0.857 bits per heavy atom. The van der Waals surface area contributed by atoms with E-state index in [4.69, 9.17) is 22.3 Å². The second-order valence-corrected chi connectivity index (χ2v) is 8.34. The van der Waals surface area contributed by atoms with Gasteiger partial charge < -0.3 is 48.5 Å². The van der Waals surface area contributed by atoms with Gasteiger partial charge in [0.25, 0.3) is 0 Å². The minimum Gasteiger partial charge on any atom is -0.481 e. The van der Waals surface area contributed by atoms with Crippen LogP contribution in [0.3, 0.4) is 0 Å². The van der Waals surface area contributed by atoms with Crippen LogP contribution in [0.15, 0.2) is 4.99 Å². The molecule has 15 heteroatoms. The molecular weight excluding hydrogens is 466 g/mol. The van der Waals surface area contributed by atoms with Crippen molar-refractivity contribution in [2.24, 2.45) is 28.1 Å². The predicted molar refractivity (Wildman–Crippen MR) is 125 cm³/mol. The van der Waals surface area contributed by atoms with E-state index < -0.39 is 72.3 Å². The molecule has 3 amide bonds. The van der Waals surface area contributed by atoms with E-state index in [1.54, 1.807) is 13.8 Å². The minimum absolute atomic E-state index is 0.0190. The van der Waals surface area contributed by atoms with Crippen LogP contribution in [0, 0.1) is 5.92 Å². The summed E-state index contributed by atoms with van der Waals surface area (Å²) in [4.78, 5) is 64.1. The Balaban J connectivity index is 5.43. The third-order valence-electron chi connectivity index (χ3n) is 4.91. The van der Waals surface area contributed by atoms with Crippen LogP contribution < -0.4 is 33.2 Å². The highest BCUT2D eigenvalue weighted by Crippen LogP contribution is 2.08. The standard InChI is InChI=1S/C20H37N7O8/c1-9(2)15(18(33)26-12(19(34)35)5-4-8-24-20(22)23)27-16(31)11(6-7-13(29)30)25-17(32)14(21)10(3)28/h9-12,14-15,28H,4-8,21H2,1-3H3,(H,25,32)(H,26,33)(H,27,31)(H,29,30)(H,34,35)(H4,22,23,24). The van der Waals surface area contributed by atoms with Crippen LogP contribution in [0.5, 0.6) is 0 Å². The molecule has 0 rings (SSSR count). The SMILES string of the molecule is CC(C)C(NC(=O)C(CCC(=O)O)NC(=O)C(N)C(C)O)C(=O)NC(CCCN=C(N)N)C(=O)O. The van der Waals surface area contributed by atoms with Crippen molar-refractivity contribution in [3.63, 3.8) is 0 Å². The molecule has 5 atom stereocenters. The number of carbonyl (C=O) groups excluding carboxylic acids is 3. The number of nitrogens with zero attached hydrogens (tertiary/aromatic N) is 1. The first kappa shape index (κ1) is 31.5. The number of aliphatic hydroxyl groups excluding tert-OH is 1. The van der Waals surface area contributed by atoms with Gasteiger partial charge in [0.05, 0.1) is 6.10 Å². The zero-order chi connectivity index (χ0) is 27.3. The molecule has 0 heterocycles. The maximum absolute atomic E-state index is 12.8. The fourth-order valence-electron chi connectivity index (χ4n) is 2.83. The Morgan fingerprint density at radius 2 is 1.43 bits per heavy atom. The van der Waals surface area contributed by atoms with E-state index in [2.05, 4.69) is 20.9 Å². The van der Waals surface area contributed by atoms with Crippen LogP contribution in [-0.2, 0) is 24.0 Å². The summed E-state index contributed by atoms with van der Waals surface area (Å²) in [7, 11) is 0. The number of carboxylic acids is 2. The largest absolute Gasteiger partial charge is 0.481 e. The van der Waals surface area contributed by atoms with Gasteiger partial charge in [-0.1, -0.05) is 13.8 Å². The molecule has 15 nitrogen and oxygen atoms in total. The summed E-state index contributed by atoms with van der Waals surface area (Å²) in [5.74, 6) is -5.70. The number of rotatable bonds is 16. The molecule has 0 aromatic rings. The van der Waals surface area contributed by atoms with Crippen molar-refractivity contribution in [3.8, 4) is 0 Å². The average Bonchev–Trinajstić information content (AvgIpc) is 2.74. The highest BCUT2D eigenvalue weighted by atomic mass is 16.4. The van der Waals surface area contributed by atoms with Crippen LogP contribution in [0.1, 0.15) is 46.5 Å². The summed E-state index contributed by atoms with van der Waals surface area (Å²) in [6.07, 6.45) is -1.73. The summed E-state index contributed by atoms with van der Waals surface area (Å²) < 4.78 is 0. The molecule has 0 spiro atoms. The summed E-state index contributed by atoms with van der Waals surface area (Å²) in [5, 5.41) is 34.9. The third kappa shape index (κ3) is 12.5. The highest BCUT2D eigenvalue weighted by Gasteiger charge is 2.32. The fraction of sp³-hybridized carbons (Fsp3) is 0.700. The highest BCUT2D eigenvalue weighted by molar-refractivity contribution is 5.94. The van der Waals surface area contributed by atoms with E-state index >= 15 is 0 Å². The normalized spacial score (nSPS) is 15.1. The molecule has 0 bridgehead atoms. The predicted octanol–water partition coefficient (Wildman–Crippen LogP) is -3.19. The van der Waals surface area contributed by atoms with Crippen molar-refractivity contribution in [2.45, 2.75) is 76.7 Å². The summed E-state index contributed by atoms with van der Waals surface area (Å²) >= 11 is 0. The van der Waals surface area contributed by atoms with Gasteiger partial charge in [0.2, 0.25) is 17.7 Å². The number of hydrogen-bond acceptors (Lipinski definition) is 8. The first-order valence-corrected chi connectivity index (χ1v) is 11.0. The van der Waals surface area contributed by atoms with Crippen molar-refractivity contribution in [3.05, 3.63) is 0 Å². The van der Waals surface area contributed by atoms with Crippen molar-refractivity contribution in [2.75, 3.05) is 6.54 Å². The lowest BCUT2D eigenvalue weighted by Gasteiger charge is -2.27. The number of nitrogens with one attached hydrogen (secondary N) is 3. The van der Waals surface area contributed by atoms with Gasteiger partial charge in [-0.2, -0.15) is 0 Å². The van der Waals surface area contributed by atoms with E-state index in [1.165, 1.54) is 6.92 Å². The maximum atomic E-state index is 12.8.